The number of H-pyrrole nitrogens is 1. The van der Waals surface area contributed by atoms with Crippen LogP contribution in [0.1, 0.15) is 64.8 Å². The Balaban J connectivity index is 1.56. The minimum atomic E-state index is -3.77. The Labute approximate surface area is 265 Å². The molecular weight excluding hydrogens is 586 g/mol. The van der Waals surface area contributed by atoms with Crippen molar-refractivity contribution in [3.63, 3.8) is 0 Å². The van der Waals surface area contributed by atoms with E-state index in [0.717, 1.165) is 41.1 Å². The molecule has 0 bridgehead atoms. The number of aryl methyl sites for hydroxylation is 3. The zero-order valence-electron chi connectivity index (χ0n) is 26.9. The maximum absolute atomic E-state index is 14.1. The summed E-state index contributed by atoms with van der Waals surface area (Å²) < 4.78 is 34.5. The third kappa shape index (κ3) is 6.56. The van der Waals surface area contributed by atoms with Crippen LogP contribution in [0.2, 0.25) is 0 Å². The SMILES string of the molecule is C=CCC1(S(=O)(=O)n2cc(C)c3c(C(=O)CCc4c(C)cc(C)[nH]c4=O)cc(-c4ccc(OCCCN(C)C)cc4)cc32)CC1. The molecule has 1 aliphatic rings. The standard InChI is InChI=1S/C36H43N3O5S/c1-7-15-36(16-17-36)45(42,43)39-23-25(3)34-31(33(40)14-13-30-24(2)20-26(4)37-35(30)41)21-28(22-32(34)39)27-9-11-29(12-10-27)44-19-8-18-38(5)6/h7,9-12,20-23H,1,8,13-19H2,2-6H3,(H,37,41). The zero-order valence-corrected chi connectivity index (χ0v) is 27.7. The number of carbonyl (C=O) groups is 1. The van der Waals surface area contributed by atoms with Gasteiger partial charge in [0.15, 0.2) is 5.78 Å². The van der Waals surface area contributed by atoms with E-state index in [1.807, 2.05) is 77.3 Å². The largest absolute Gasteiger partial charge is 0.494 e. The van der Waals surface area contributed by atoms with E-state index in [0.29, 0.717) is 53.5 Å². The van der Waals surface area contributed by atoms with Crippen LogP contribution < -0.4 is 10.3 Å². The summed E-state index contributed by atoms with van der Waals surface area (Å²) in [6.07, 6.45) is 6.14. The van der Waals surface area contributed by atoms with Gasteiger partial charge >= 0.3 is 0 Å². The second kappa shape index (κ2) is 12.8. The van der Waals surface area contributed by atoms with Crippen molar-refractivity contribution in [1.29, 1.82) is 0 Å². The van der Waals surface area contributed by atoms with Gasteiger partial charge in [-0.3, -0.25) is 9.59 Å². The predicted octanol–water partition coefficient (Wildman–Crippen LogP) is 6.35. The molecule has 0 spiro atoms. The maximum atomic E-state index is 14.1. The number of ketones is 1. The molecule has 4 aromatic rings. The molecule has 238 valence electrons. The molecule has 5 rings (SSSR count). The van der Waals surface area contributed by atoms with E-state index < -0.39 is 14.8 Å². The normalized spacial score (nSPS) is 14.2. The molecule has 0 saturated heterocycles. The van der Waals surface area contributed by atoms with Crippen molar-refractivity contribution >= 4 is 26.7 Å². The average molecular weight is 630 g/mol. The Kier molecular flexibility index (Phi) is 9.23. The van der Waals surface area contributed by atoms with E-state index in [2.05, 4.69) is 16.5 Å². The Morgan fingerprint density at radius 3 is 2.40 bits per heavy atom. The number of fused-ring (bicyclic) bond motifs is 1. The highest BCUT2D eigenvalue weighted by atomic mass is 32.2. The number of hydrogen-bond acceptors (Lipinski definition) is 6. The molecule has 2 aromatic heterocycles. The predicted molar refractivity (Wildman–Crippen MR) is 181 cm³/mol. The minimum Gasteiger partial charge on any atom is -0.494 e. The lowest BCUT2D eigenvalue weighted by Crippen LogP contribution is -2.28. The Morgan fingerprint density at radius 1 is 1.07 bits per heavy atom. The van der Waals surface area contributed by atoms with Crippen LogP contribution in [0.4, 0.5) is 0 Å². The van der Waals surface area contributed by atoms with Crippen LogP contribution >= 0.6 is 0 Å². The molecule has 0 amide bonds. The molecular formula is C36H43N3O5S. The van der Waals surface area contributed by atoms with Crippen LogP contribution in [-0.2, 0) is 16.4 Å². The lowest BCUT2D eigenvalue weighted by Gasteiger charge is -2.17. The number of rotatable bonds is 14. The summed E-state index contributed by atoms with van der Waals surface area (Å²) in [5, 5.41) is 0.622. The highest BCUT2D eigenvalue weighted by molar-refractivity contribution is 7.91. The van der Waals surface area contributed by atoms with Gasteiger partial charge in [-0.15, -0.1) is 6.58 Å². The first-order valence-corrected chi connectivity index (χ1v) is 16.9. The van der Waals surface area contributed by atoms with Crippen molar-refractivity contribution < 1.29 is 17.9 Å². The fourth-order valence-electron chi connectivity index (χ4n) is 6.17. The van der Waals surface area contributed by atoms with E-state index in [9.17, 15) is 18.0 Å². The number of benzene rings is 2. The van der Waals surface area contributed by atoms with Gasteiger partial charge in [-0.1, -0.05) is 18.2 Å². The summed E-state index contributed by atoms with van der Waals surface area (Å²) >= 11 is 0. The third-order valence-corrected chi connectivity index (χ3v) is 11.3. The molecule has 1 aliphatic carbocycles. The van der Waals surface area contributed by atoms with E-state index in [1.54, 1.807) is 12.3 Å². The number of aromatic nitrogens is 2. The molecule has 9 heteroatoms. The van der Waals surface area contributed by atoms with Crippen molar-refractivity contribution in [2.45, 2.75) is 64.0 Å². The van der Waals surface area contributed by atoms with Gasteiger partial charge in [0.1, 0.15) is 5.75 Å². The zero-order chi connectivity index (χ0) is 32.5. The van der Waals surface area contributed by atoms with Gasteiger partial charge < -0.3 is 14.6 Å². The second-order valence-corrected chi connectivity index (χ2v) is 14.8. The molecule has 0 atom stereocenters. The second-order valence-electron chi connectivity index (χ2n) is 12.6. The number of nitrogens with zero attached hydrogens (tertiary/aromatic N) is 2. The first kappa shape index (κ1) is 32.4. The maximum Gasteiger partial charge on any atom is 0.251 e. The molecule has 1 fully saturated rings. The first-order chi connectivity index (χ1) is 21.4. The third-order valence-electron chi connectivity index (χ3n) is 8.79. The molecule has 1 saturated carbocycles. The molecule has 45 heavy (non-hydrogen) atoms. The summed E-state index contributed by atoms with van der Waals surface area (Å²) in [7, 11) is 0.290. The van der Waals surface area contributed by atoms with Gasteiger partial charge in [-0.2, -0.15) is 0 Å². The van der Waals surface area contributed by atoms with E-state index in [1.165, 1.54) is 3.97 Å². The van der Waals surface area contributed by atoms with E-state index in [-0.39, 0.29) is 24.2 Å². The van der Waals surface area contributed by atoms with Gasteiger partial charge in [-0.05, 0) is 120 Å². The number of allylic oxidation sites excluding steroid dienone is 1. The van der Waals surface area contributed by atoms with Gasteiger partial charge in [-0.25, -0.2) is 12.4 Å². The topological polar surface area (TPSA) is 101 Å². The number of Topliss-reactive ketones (excluding diaryl/α,β-unsaturated/α-hetero) is 1. The lowest BCUT2D eigenvalue weighted by atomic mass is 9.93. The van der Waals surface area contributed by atoms with Crippen LogP contribution in [0, 0.1) is 20.8 Å². The number of pyridine rings is 1. The first-order valence-electron chi connectivity index (χ1n) is 15.5. The Morgan fingerprint density at radius 2 is 1.78 bits per heavy atom. The van der Waals surface area contributed by atoms with E-state index >= 15 is 0 Å². The Bertz CT molecular complexity index is 1910. The number of ether oxygens (including phenoxy) is 1. The molecule has 2 heterocycles. The van der Waals surface area contributed by atoms with Crippen LogP contribution in [0.3, 0.4) is 0 Å². The quantitative estimate of drug-likeness (QED) is 0.0991. The highest BCUT2D eigenvalue weighted by Gasteiger charge is 2.54. The summed E-state index contributed by atoms with van der Waals surface area (Å²) in [5.41, 5.74) is 5.24. The number of carbonyl (C=O) groups excluding carboxylic acids is 1. The minimum absolute atomic E-state index is 0.114. The summed E-state index contributed by atoms with van der Waals surface area (Å²) in [5.74, 6) is 0.600. The molecule has 0 unspecified atom stereocenters. The molecule has 0 radical (unpaired) electrons. The highest BCUT2D eigenvalue weighted by Crippen LogP contribution is 2.49. The smallest absolute Gasteiger partial charge is 0.251 e. The van der Waals surface area contributed by atoms with Crippen LogP contribution in [0.5, 0.6) is 5.75 Å². The van der Waals surface area contributed by atoms with Gasteiger partial charge in [0.25, 0.3) is 5.56 Å². The van der Waals surface area contributed by atoms with Crippen molar-refractivity contribution in [2.75, 3.05) is 27.2 Å². The fourth-order valence-corrected chi connectivity index (χ4v) is 8.23. The van der Waals surface area contributed by atoms with Gasteiger partial charge in [0, 0.05) is 41.4 Å². The fraction of sp³-hybridized carbons (Fsp3) is 0.389. The van der Waals surface area contributed by atoms with Gasteiger partial charge in [0.2, 0.25) is 10.0 Å². The number of hydrogen-bond donors (Lipinski definition) is 1. The number of nitrogens with one attached hydrogen (secondary N) is 1. The monoisotopic (exact) mass is 629 g/mol. The van der Waals surface area contributed by atoms with Crippen molar-refractivity contribution in [3.8, 4) is 16.9 Å². The van der Waals surface area contributed by atoms with Crippen LogP contribution in [-0.4, -0.2) is 60.1 Å². The van der Waals surface area contributed by atoms with Gasteiger partial charge in [0.05, 0.1) is 16.9 Å². The Hall–Kier alpha value is -3.95. The van der Waals surface area contributed by atoms with Crippen LogP contribution in [0.25, 0.3) is 22.0 Å². The summed E-state index contributed by atoms with van der Waals surface area (Å²) in [6.45, 7) is 10.9. The number of aromatic amines is 1. The summed E-state index contributed by atoms with van der Waals surface area (Å²) in [4.78, 5) is 31.6. The van der Waals surface area contributed by atoms with Crippen LogP contribution in [0.15, 0.2) is 66.1 Å². The molecule has 1 N–H and O–H groups in total. The molecule has 0 aliphatic heterocycles. The average Bonchev–Trinajstić information content (AvgIpc) is 3.70. The van der Waals surface area contributed by atoms with Crippen molar-refractivity contribution in [2.24, 2.45) is 0 Å². The molecule has 2 aromatic carbocycles. The van der Waals surface area contributed by atoms with E-state index in [4.69, 9.17) is 4.74 Å². The molecule has 8 nitrogen and oxygen atoms in total. The van der Waals surface area contributed by atoms with Crippen molar-refractivity contribution in [1.82, 2.24) is 13.9 Å². The van der Waals surface area contributed by atoms with Crippen molar-refractivity contribution in [3.05, 3.63) is 99.6 Å². The summed E-state index contributed by atoms with van der Waals surface area (Å²) in [6, 6.07) is 13.3. The lowest BCUT2D eigenvalue weighted by molar-refractivity contribution is 0.0984.